The summed E-state index contributed by atoms with van der Waals surface area (Å²) in [6.45, 7) is 4.32. The molecule has 0 spiro atoms. The quantitative estimate of drug-likeness (QED) is 0.602. The van der Waals surface area contributed by atoms with Gasteiger partial charge in [0.15, 0.2) is 5.78 Å². The molecule has 138 valence electrons. The highest BCUT2D eigenvalue weighted by Crippen LogP contribution is 2.42. The molecule has 0 bridgehead atoms. The number of esters is 1. The molecule has 1 aliphatic carbocycles. The lowest BCUT2D eigenvalue weighted by Gasteiger charge is -2.34. The number of rotatable bonds is 5. The number of allylic oxidation sites excluding steroid dienone is 3. The van der Waals surface area contributed by atoms with Crippen molar-refractivity contribution < 1.29 is 14.3 Å². The van der Waals surface area contributed by atoms with E-state index in [1.54, 1.807) is 12.1 Å². The number of carbonyl (C=O) groups is 2. The van der Waals surface area contributed by atoms with Gasteiger partial charge in [0, 0.05) is 34.3 Å². The average Bonchev–Trinajstić information content (AvgIpc) is 2.61. The smallest absolute Gasteiger partial charge is 0.336 e. The van der Waals surface area contributed by atoms with Crippen LogP contribution < -0.4 is 5.32 Å². The Morgan fingerprint density at radius 1 is 1.27 bits per heavy atom. The van der Waals surface area contributed by atoms with E-state index in [1.807, 2.05) is 19.1 Å². The van der Waals surface area contributed by atoms with Crippen molar-refractivity contribution in [2.75, 3.05) is 6.61 Å². The summed E-state index contributed by atoms with van der Waals surface area (Å²) in [5, 5.41) is 3.92. The number of ketones is 1. The minimum atomic E-state index is -0.398. The minimum Gasteiger partial charge on any atom is -0.462 e. The van der Waals surface area contributed by atoms with Crippen LogP contribution in [0.1, 0.15) is 57.4 Å². The SMILES string of the molecule is CCCCOC(=O)C1=C(C)NC2=C(C(=O)CCC2)C1c1ccc(Cl)cc1. The zero-order chi connectivity index (χ0) is 18.7. The van der Waals surface area contributed by atoms with Gasteiger partial charge in [0.05, 0.1) is 12.2 Å². The number of hydrogen-bond acceptors (Lipinski definition) is 4. The third kappa shape index (κ3) is 3.70. The number of nitrogens with one attached hydrogen (secondary N) is 1. The molecule has 4 nitrogen and oxygen atoms in total. The monoisotopic (exact) mass is 373 g/mol. The van der Waals surface area contributed by atoms with E-state index in [1.165, 1.54) is 0 Å². The second kappa shape index (κ2) is 8.09. The number of halogens is 1. The standard InChI is InChI=1S/C21H24ClNO3/c1-3-4-12-26-21(25)18-13(2)23-16-6-5-7-17(24)20(16)19(18)14-8-10-15(22)11-9-14/h8-11,19,23H,3-7,12H2,1-2H3. The highest BCUT2D eigenvalue weighted by molar-refractivity contribution is 6.30. The van der Waals surface area contributed by atoms with Crippen LogP contribution in [-0.2, 0) is 14.3 Å². The maximum atomic E-state index is 12.8. The minimum absolute atomic E-state index is 0.102. The lowest BCUT2D eigenvalue weighted by Crippen LogP contribution is -2.34. The van der Waals surface area contributed by atoms with Gasteiger partial charge in [0.2, 0.25) is 0 Å². The fraction of sp³-hybridized carbons (Fsp3) is 0.429. The molecule has 1 atom stereocenters. The molecule has 2 aliphatic rings. The molecule has 0 aromatic heterocycles. The predicted octanol–water partition coefficient (Wildman–Crippen LogP) is 4.65. The molecule has 1 heterocycles. The van der Waals surface area contributed by atoms with Gasteiger partial charge >= 0.3 is 5.97 Å². The van der Waals surface area contributed by atoms with E-state index >= 15 is 0 Å². The Bertz CT molecular complexity index is 777. The van der Waals surface area contributed by atoms with E-state index in [2.05, 4.69) is 12.2 Å². The van der Waals surface area contributed by atoms with Crippen LogP contribution in [0, 0.1) is 0 Å². The topological polar surface area (TPSA) is 55.4 Å². The van der Waals surface area contributed by atoms with Gasteiger partial charge in [-0.3, -0.25) is 4.79 Å². The second-order valence-corrected chi connectivity index (χ2v) is 7.24. The van der Waals surface area contributed by atoms with Gasteiger partial charge in [-0.1, -0.05) is 37.1 Å². The maximum Gasteiger partial charge on any atom is 0.336 e. The van der Waals surface area contributed by atoms with Crippen molar-refractivity contribution in [2.24, 2.45) is 0 Å². The summed E-state index contributed by atoms with van der Waals surface area (Å²) in [5.41, 5.74) is 3.81. The summed E-state index contributed by atoms with van der Waals surface area (Å²) in [6.07, 6.45) is 3.95. The first-order valence-electron chi connectivity index (χ1n) is 9.19. The van der Waals surface area contributed by atoms with Crippen molar-refractivity contribution in [1.29, 1.82) is 0 Å². The van der Waals surface area contributed by atoms with Gasteiger partial charge in [0.25, 0.3) is 0 Å². The molecule has 0 fully saturated rings. The molecular weight excluding hydrogens is 350 g/mol. The first-order valence-corrected chi connectivity index (χ1v) is 9.57. The second-order valence-electron chi connectivity index (χ2n) is 6.81. The van der Waals surface area contributed by atoms with E-state index < -0.39 is 5.92 Å². The molecule has 1 aromatic rings. The van der Waals surface area contributed by atoms with E-state index in [4.69, 9.17) is 16.3 Å². The third-order valence-corrected chi connectivity index (χ3v) is 5.18. The molecule has 0 radical (unpaired) electrons. The number of ether oxygens (including phenoxy) is 1. The number of dihydropyridines is 1. The fourth-order valence-electron chi connectivity index (χ4n) is 3.63. The van der Waals surface area contributed by atoms with Crippen LogP contribution in [0.2, 0.25) is 5.02 Å². The number of unbranched alkanes of at least 4 members (excludes halogenated alkanes) is 1. The summed E-state index contributed by atoms with van der Waals surface area (Å²) in [4.78, 5) is 25.6. The van der Waals surface area contributed by atoms with Gasteiger partial charge in [-0.25, -0.2) is 4.79 Å². The molecule has 0 saturated heterocycles. The molecule has 1 aliphatic heterocycles. The summed E-state index contributed by atoms with van der Waals surface area (Å²) in [7, 11) is 0. The number of benzene rings is 1. The normalized spacial score (nSPS) is 20.0. The zero-order valence-electron chi connectivity index (χ0n) is 15.2. The Hall–Kier alpha value is -2.07. The zero-order valence-corrected chi connectivity index (χ0v) is 16.0. The molecule has 5 heteroatoms. The number of Topliss-reactive ketones (excluding diaryl/α,β-unsaturated/α-hetero) is 1. The van der Waals surface area contributed by atoms with Crippen LogP contribution in [0.3, 0.4) is 0 Å². The Labute approximate surface area is 159 Å². The van der Waals surface area contributed by atoms with Crippen LogP contribution in [0.25, 0.3) is 0 Å². The molecule has 1 unspecified atom stereocenters. The largest absolute Gasteiger partial charge is 0.462 e. The van der Waals surface area contributed by atoms with Crippen LogP contribution in [0.15, 0.2) is 46.8 Å². The van der Waals surface area contributed by atoms with Gasteiger partial charge < -0.3 is 10.1 Å². The Morgan fingerprint density at radius 2 is 2.00 bits per heavy atom. The Kier molecular flexibility index (Phi) is 5.82. The summed E-state index contributed by atoms with van der Waals surface area (Å²) < 4.78 is 5.49. The fourth-order valence-corrected chi connectivity index (χ4v) is 3.76. The molecule has 0 saturated carbocycles. The van der Waals surface area contributed by atoms with Gasteiger partial charge in [-0.2, -0.15) is 0 Å². The summed E-state index contributed by atoms with van der Waals surface area (Å²) >= 11 is 6.03. The molecule has 1 aromatic carbocycles. The first-order chi connectivity index (χ1) is 12.5. The first kappa shape index (κ1) is 18.7. The van der Waals surface area contributed by atoms with Crippen LogP contribution >= 0.6 is 11.6 Å². The average molecular weight is 374 g/mol. The molecule has 26 heavy (non-hydrogen) atoms. The number of carbonyl (C=O) groups excluding carboxylic acids is 2. The van der Waals surface area contributed by atoms with Gasteiger partial charge in [0.1, 0.15) is 0 Å². The van der Waals surface area contributed by atoms with Crippen molar-refractivity contribution in [3.8, 4) is 0 Å². The van der Waals surface area contributed by atoms with Crippen molar-refractivity contribution in [2.45, 2.75) is 51.9 Å². The van der Waals surface area contributed by atoms with Crippen LogP contribution in [-0.4, -0.2) is 18.4 Å². The Balaban J connectivity index is 2.04. The van der Waals surface area contributed by atoms with Crippen molar-refractivity contribution in [3.63, 3.8) is 0 Å². The van der Waals surface area contributed by atoms with Gasteiger partial charge in [-0.15, -0.1) is 0 Å². The third-order valence-electron chi connectivity index (χ3n) is 4.93. The number of hydrogen-bond donors (Lipinski definition) is 1. The molecule has 3 rings (SSSR count). The van der Waals surface area contributed by atoms with Gasteiger partial charge in [-0.05, 0) is 43.9 Å². The maximum absolute atomic E-state index is 12.8. The van der Waals surface area contributed by atoms with Crippen molar-refractivity contribution >= 4 is 23.4 Å². The van der Waals surface area contributed by atoms with E-state index in [0.717, 1.165) is 42.6 Å². The van der Waals surface area contributed by atoms with Crippen LogP contribution in [0.5, 0.6) is 0 Å². The summed E-state index contributed by atoms with van der Waals surface area (Å²) in [5.74, 6) is -0.649. The van der Waals surface area contributed by atoms with Crippen LogP contribution in [0.4, 0.5) is 0 Å². The van der Waals surface area contributed by atoms with Crippen molar-refractivity contribution in [3.05, 3.63) is 57.4 Å². The van der Waals surface area contributed by atoms with E-state index in [9.17, 15) is 9.59 Å². The van der Waals surface area contributed by atoms with E-state index in [0.29, 0.717) is 29.2 Å². The lowest BCUT2D eigenvalue weighted by atomic mass is 9.75. The Morgan fingerprint density at radius 3 is 2.69 bits per heavy atom. The summed E-state index contributed by atoms with van der Waals surface area (Å²) in [6, 6.07) is 7.36. The van der Waals surface area contributed by atoms with E-state index in [-0.39, 0.29) is 11.8 Å². The highest BCUT2D eigenvalue weighted by atomic mass is 35.5. The van der Waals surface area contributed by atoms with Crippen molar-refractivity contribution in [1.82, 2.24) is 5.32 Å². The molecule has 1 N–H and O–H groups in total. The molecule has 0 amide bonds. The predicted molar refractivity (Wildman–Crippen MR) is 102 cm³/mol. The lowest BCUT2D eigenvalue weighted by molar-refractivity contribution is -0.139. The highest BCUT2D eigenvalue weighted by Gasteiger charge is 2.38. The molecular formula is C21H24ClNO3.